The van der Waals surface area contributed by atoms with Crippen molar-refractivity contribution in [2.75, 3.05) is 0 Å². The van der Waals surface area contributed by atoms with Crippen molar-refractivity contribution >= 4 is 0 Å². The van der Waals surface area contributed by atoms with Crippen molar-refractivity contribution in [3.8, 4) is 0 Å². The minimum Gasteiger partial charge on any atom is -0.0845 e. The fourth-order valence-electron chi connectivity index (χ4n) is 0.946. The molecule has 0 aromatic rings. The van der Waals surface area contributed by atoms with Gasteiger partial charge in [0, 0.05) is 0 Å². The summed E-state index contributed by atoms with van der Waals surface area (Å²) in [5, 5.41) is 0. The first-order valence-corrected chi connectivity index (χ1v) is 3.89. The molecule has 0 saturated heterocycles. The van der Waals surface area contributed by atoms with Gasteiger partial charge in [-0.3, -0.25) is 0 Å². The van der Waals surface area contributed by atoms with E-state index in [4.69, 9.17) is 0 Å². The van der Waals surface area contributed by atoms with Crippen LogP contribution in [0.4, 0.5) is 0 Å². The van der Waals surface area contributed by atoms with Gasteiger partial charge in [0.15, 0.2) is 0 Å². The van der Waals surface area contributed by atoms with Crippen LogP contribution in [0.25, 0.3) is 0 Å². The van der Waals surface area contributed by atoms with Crippen LogP contribution in [0.3, 0.4) is 0 Å². The minimum atomic E-state index is 1.18. The fraction of sp³-hybridized carbons (Fsp3) is 0.400. The van der Waals surface area contributed by atoms with Crippen molar-refractivity contribution in [1.29, 1.82) is 0 Å². The number of rotatable bonds is 0. The zero-order valence-electron chi connectivity index (χ0n) is 6.22. The lowest BCUT2D eigenvalue weighted by molar-refractivity contribution is 0.761. The summed E-state index contributed by atoms with van der Waals surface area (Å²) in [5.41, 5.74) is 0. The predicted octanol–water partition coefficient (Wildman–Crippen LogP) is 3.03. The summed E-state index contributed by atoms with van der Waals surface area (Å²) in [4.78, 5) is 0. The third-order valence-electron chi connectivity index (χ3n) is 1.53. The van der Waals surface area contributed by atoms with Gasteiger partial charge in [-0.25, -0.2) is 0 Å². The highest BCUT2D eigenvalue weighted by molar-refractivity contribution is 5.07. The molecule has 1 radical (unpaired) electrons. The van der Waals surface area contributed by atoms with Crippen molar-refractivity contribution in [2.45, 2.75) is 25.7 Å². The summed E-state index contributed by atoms with van der Waals surface area (Å²) in [5.74, 6) is 0. The van der Waals surface area contributed by atoms with Crippen LogP contribution < -0.4 is 0 Å². The van der Waals surface area contributed by atoms with Gasteiger partial charge in [0.05, 0.1) is 0 Å². The van der Waals surface area contributed by atoms with Crippen LogP contribution >= 0.6 is 0 Å². The maximum Gasteiger partial charge on any atom is -0.0227 e. The first-order valence-electron chi connectivity index (χ1n) is 3.89. The molecule has 0 aliphatic heterocycles. The van der Waals surface area contributed by atoms with Gasteiger partial charge in [0.25, 0.3) is 0 Å². The Balaban J connectivity index is 2.40. The van der Waals surface area contributed by atoms with Crippen molar-refractivity contribution in [3.05, 3.63) is 36.5 Å². The average Bonchev–Trinajstić information content (AvgIpc) is 2.01. The van der Waals surface area contributed by atoms with E-state index in [2.05, 4.69) is 24.3 Å². The molecule has 0 aromatic carbocycles. The third-order valence-corrected chi connectivity index (χ3v) is 1.53. The van der Waals surface area contributed by atoms with E-state index in [-0.39, 0.29) is 0 Å². The Labute approximate surface area is 62.9 Å². The molecule has 53 valence electrons. The van der Waals surface area contributed by atoms with Crippen molar-refractivity contribution in [1.82, 2.24) is 0 Å². The summed E-state index contributed by atoms with van der Waals surface area (Å²) in [6.45, 7) is 0. The van der Waals surface area contributed by atoms with Crippen LogP contribution in [0.2, 0.25) is 0 Å². The average molecular weight is 133 g/mol. The van der Waals surface area contributed by atoms with Crippen LogP contribution in [-0.2, 0) is 0 Å². The van der Waals surface area contributed by atoms with Gasteiger partial charge in [-0.1, -0.05) is 30.4 Å². The molecule has 1 aliphatic carbocycles. The fourth-order valence-corrected chi connectivity index (χ4v) is 0.946. The summed E-state index contributed by atoms with van der Waals surface area (Å²) in [6, 6.07) is 0. The van der Waals surface area contributed by atoms with E-state index in [1.807, 2.05) is 12.2 Å². The number of hydrogen-bond acceptors (Lipinski definition) is 0. The molecule has 0 heteroatoms. The maximum atomic E-state index is 3.10. The Kier molecular flexibility index (Phi) is 3.69. The molecule has 1 rings (SSSR count). The predicted molar refractivity (Wildman–Crippen MR) is 44.6 cm³/mol. The zero-order valence-corrected chi connectivity index (χ0v) is 6.22. The molecule has 0 saturated carbocycles. The topological polar surface area (TPSA) is 0 Å². The van der Waals surface area contributed by atoms with E-state index in [9.17, 15) is 0 Å². The van der Waals surface area contributed by atoms with Gasteiger partial charge >= 0.3 is 0 Å². The van der Waals surface area contributed by atoms with Crippen molar-refractivity contribution in [3.63, 3.8) is 0 Å². The van der Waals surface area contributed by atoms with Crippen molar-refractivity contribution in [2.24, 2.45) is 0 Å². The third kappa shape index (κ3) is 3.29. The van der Waals surface area contributed by atoms with Crippen LogP contribution in [0.15, 0.2) is 30.4 Å². The van der Waals surface area contributed by atoms with E-state index in [1.165, 1.54) is 25.7 Å². The van der Waals surface area contributed by atoms with Gasteiger partial charge in [-0.2, -0.15) is 0 Å². The van der Waals surface area contributed by atoms with Gasteiger partial charge in [0.1, 0.15) is 0 Å². The molecule has 0 bridgehead atoms. The van der Waals surface area contributed by atoms with Crippen LogP contribution in [0.5, 0.6) is 0 Å². The smallest absolute Gasteiger partial charge is 0.0227 e. The quantitative estimate of drug-likeness (QED) is 0.476. The molecule has 0 aromatic heterocycles. The largest absolute Gasteiger partial charge is 0.0845 e. The number of hydrogen-bond donors (Lipinski definition) is 0. The summed E-state index contributed by atoms with van der Waals surface area (Å²) < 4.78 is 0. The van der Waals surface area contributed by atoms with Crippen LogP contribution in [0, 0.1) is 6.08 Å². The monoisotopic (exact) mass is 133 g/mol. The summed E-state index contributed by atoms with van der Waals surface area (Å²) in [6.07, 6.45) is 18.5. The lowest BCUT2D eigenvalue weighted by atomic mass is 10.1. The molecule has 0 amide bonds. The van der Waals surface area contributed by atoms with E-state index >= 15 is 0 Å². The van der Waals surface area contributed by atoms with E-state index in [0.29, 0.717) is 0 Å². The van der Waals surface area contributed by atoms with Crippen LogP contribution in [0.1, 0.15) is 25.7 Å². The summed E-state index contributed by atoms with van der Waals surface area (Å²) >= 11 is 0. The Morgan fingerprint density at radius 3 is 2.90 bits per heavy atom. The van der Waals surface area contributed by atoms with E-state index in [0.717, 1.165) is 0 Å². The SMILES string of the molecule is [C]1=C/CCCC\C=C/C=C\1. The Hall–Kier alpha value is -0.780. The van der Waals surface area contributed by atoms with Gasteiger partial charge in [-0.15, -0.1) is 0 Å². The molecule has 0 atom stereocenters. The Bertz CT molecular complexity index is 131. The molecule has 0 heterocycles. The second-order valence-corrected chi connectivity index (χ2v) is 2.44. The Morgan fingerprint density at radius 2 is 1.90 bits per heavy atom. The van der Waals surface area contributed by atoms with Gasteiger partial charge in [-0.05, 0) is 31.8 Å². The lowest BCUT2D eigenvalue weighted by Crippen LogP contribution is -1.73. The normalized spacial score (nSPS) is 28.8. The van der Waals surface area contributed by atoms with Crippen molar-refractivity contribution < 1.29 is 0 Å². The second-order valence-electron chi connectivity index (χ2n) is 2.44. The first kappa shape index (κ1) is 7.33. The van der Waals surface area contributed by atoms with E-state index < -0.39 is 0 Å². The zero-order chi connectivity index (χ0) is 7.07. The van der Waals surface area contributed by atoms with E-state index in [1.54, 1.807) is 0 Å². The Morgan fingerprint density at radius 1 is 1.00 bits per heavy atom. The highest BCUT2D eigenvalue weighted by Gasteiger charge is 1.83. The molecule has 0 nitrogen and oxygen atoms in total. The second kappa shape index (κ2) is 5.04. The molecule has 0 N–H and O–H groups in total. The molecule has 0 spiro atoms. The lowest BCUT2D eigenvalue weighted by Gasteiger charge is -1.92. The minimum absolute atomic E-state index is 1.18. The molecule has 0 fully saturated rings. The molecular formula is C10H13. The highest BCUT2D eigenvalue weighted by atomic mass is 13.9. The first-order chi connectivity index (χ1) is 5.00. The molecule has 1 aliphatic rings. The molecule has 10 heavy (non-hydrogen) atoms. The summed E-state index contributed by atoms with van der Waals surface area (Å²) in [7, 11) is 0. The molecule has 0 unspecified atom stereocenters. The highest BCUT2D eigenvalue weighted by Crippen LogP contribution is 2.02. The maximum absolute atomic E-state index is 3.10. The standard InChI is InChI=1S/C10H13/c1-2-4-6-8-10-9-7-5-3-1/h1-4,8H,5,7,9-10H2/b3-1-,4-2-,8-6?. The number of allylic oxidation sites excluding steroid dienone is 6. The molecular weight excluding hydrogens is 120 g/mol. The van der Waals surface area contributed by atoms with Crippen LogP contribution in [-0.4, -0.2) is 0 Å². The van der Waals surface area contributed by atoms with Gasteiger partial charge in [0.2, 0.25) is 0 Å². The van der Waals surface area contributed by atoms with Gasteiger partial charge < -0.3 is 0 Å².